The molecule has 0 bridgehead atoms. The Morgan fingerprint density at radius 1 is 1.44 bits per heavy atom. The Morgan fingerprint density at radius 2 is 2.31 bits per heavy atom. The number of rotatable bonds is 2. The summed E-state index contributed by atoms with van der Waals surface area (Å²) in [5.41, 5.74) is 2.29. The molecule has 4 heteroatoms. The van der Waals surface area contributed by atoms with Crippen LogP contribution in [0.15, 0.2) is 16.7 Å². The summed E-state index contributed by atoms with van der Waals surface area (Å²) < 4.78 is 5.45. The molecule has 0 amide bonds. The lowest BCUT2D eigenvalue weighted by molar-refractivity contribution is 0.508. The van der Waals surface area contributed by atoms with E-state index in [1.807, 2.05) is 6.07 Å². The summed E-state index contributed by atoms with van der Waals surface area (Å²) in [6.45, 7) is 4.26. The third-order valence-corrected chi connectivity index (χ3v) is 3.74. The van der Waals surface area contributed by atoms with E-state index in [-0.39, 0.29) is 0 Å². The maximum Gasteiger partial charge on any atom is 0.183 e. The summed E-state index contributed by atoms with van der Waals surface area (Å²) in [4.78, 5) is 6.02. The maximum atomic E-state index is 5.45. The first-order valence-electron chi connectivity index (χ1n) is 5.57. The molecule has 1 aliphatic rings. The summed E-state index contributed by atoms with van der Waals surface area (Å²) in [6.07, 6.45) is 3.81. The van der Waals surface area contributed by atoms with Gasteiger partial charge in [-0.25, -0.2) is 4.98 Å². The van der Waals surface area contributed by atoms with Gasteiger partial charge in [0, 0.05) is 22.9 Å². The van der Waals surface area contributed by atoms with Crippen LogP contribution in [0.25, 0.3) is 11.3 Å². The van der Waals surface area contributed by atoms with E-state index >= 15 is 0 Å². The topological polar surface area (TPSA) is 38.1 Å². The van der Waals surface area contributed by atoms with E-state index in [4.69, 9.17) is 4.42 Å². The lowest BCUT2D eigenvalue weighted by atomic mass is 10.0. The molecule has 0 fully saturated rings. The number of hydrogen-bond acceptors (Lipinski definition) is 4. The van der Waals surface area contributed by atoms with Crippen LogP contribution in [0.1, 0.15) is 24.5 Å². The van der Waals surface area contributed by atoms with Crippen molar-refractivity contribution in [2.45, 2.75) is 32.7 Å². The first-order chi connectivity index (χ1) is 7.74. The predicted octanol–water partition coefficient (Wildman–Crippen LogP) is 3.32. The molecule has 3 nitrogen and oxygen atoms in total. The molecule has 2 heterocycles. The van der Waals surface area contributed by atoms with Gasteiger partial charge in [0.2, 0.25) is 0 Å². The molecule has 0 unspecified atom stereocenters. The third kappa shape index (κ3) is 1.53. The van der Waals surface area contributed by atoms with Gasteiger partial charge in [0.05, 0.1) is 12.0 Å². The molecule has 0 radical (unpaired) electrons. The minimum atomic E-state index is 0.427. The van der Waals surface area contributed by atoms with Gasteiger partial charge < -0.3 is 9.73 Å². The second kappa shape index (κ2) is 3.63. The van der Waals surface area contributed by atoms with Gasteiger partial charge in [0.15, 0.2) is 5.13 Å². The molecule has 2 aromatic rings. The lowest BCUT2D eigenvalue weighted by Crippen LogP contribution is -2.08. The molecule has 0 spiro atoms. The zero-order chi connectivity index (χ0) is 11.1. The molecule has 0 aromatic carbocycles. The van der Waals surface area contributed by atoms with Crippen molar-refractivity contribution in [3.05, 3.63) is 23.0 Å². The molecule has 0 aliphatic heterocycles. The summed E-state index contributed by atoms with van der Waals surface area (Å²) in [6, 6.07) is 2.45. The average molecular weight is 234 g/mol. The number of fused-ring (bicyclic) bond motifs is 3. The Hall–Kier alpha value is -1.29. The first kappa shape index (κ1) is 9.90. The van der Waals surface area contributed by atoms with Gasteiger partial charge in [-0.1, -0.05) is 0 Å². The fourth-order valence-electron chi connectivity index (χ4n) is 2.01. The van der Waals surface area contributed by atoms with Crippen molar-refractivity contribution in [1.29, 1.82) is 0 Å². The molecule has 2 aromatic heterocycles. The highest BCUT2D eigenvalue weighted by Gasteiger charge is 2.22. The second-order valence-corrected chi connectivity index (χ2v) is 5.43. The molecular weight excluding hydrogens is 220 g/mol. The van der Waals surface area contributed by atoms with E-state index in [9.17, 15) is 0 Å². The summed E-state index contributed by atoms with van der Waals surface area (Å²) in [5, 5.41) is 4.38. The minimum absolute atomic E-state index is 0.427. The van der Waals surface area contributed by atoms with Crippen molar-refractivity contribution in [2.24, 2.45) is 0 Å². The SMILES string of the molecule is CC(C)Nc1nc2c(s1)CCc1occc1-2. The Kier molecular flexibility index (Phi) is 2.24. The molecule has 84 valence electrons. The van der Waals surface area contributed by atoms with E-state index in [2.05, 4.69) is 24.1 Å². The number of aryl methyl sites for hydroxylation is 2. The molecule has 0 saturated carbocycles. The van der Waals surface area contributed by atoms with Crippen LogP contribution in [0.4, 0.5) is 5.13 Å². The number of furan rings is 1. The quantitative estimate of drug-likeness (QED) is 0.866. The van der Waals surface area contributed by atoms with Crippen molar-refractivity contribution in [1.82, 2.24) is 4.98 Å². The third-order valence-electron chi connectivity index (χ3n) is 2.69. The van der Waals surface area contributed by atoms with Crippen molar-refractivity contribution >= 4 is 16.5 Å². The van der Waals surface area contributed by atoms with E-state index in [0.717, 1.165) is 29.4 Å². The number of aromatic nitrogens is 1. The highest BCUT2D eigenvalue weighted by molar-refractivity contribution is 7.16. The molecule has 3 rings (SSSR count). The molecule has 1 N–H and O–H groups in total. The van der Waals surface area contributed by atoms with Crippen molar-refractivity contribution < 1.29 is 4.42 Å². The van der Waals surface area contributed by atoms with Crippen LogP contribution in [-0.4, -0.2) is 11.0 Å². The van der Waals surface area contributed by atoms with Crippen LogP contribution in [0.3, 0.4) is 0 Å². The van der Waals surface area contributed by atoms with Gasteiger partial charge in [0.25, 0.3) is 0 Å². The zero-order valence-corrected chi connectivity index (χ0v) is 10.2. The van der Waals surface area contributed by atoms with Crippen molar-refractivity contribution in [2.75, 3.05) is 5.32 Å². The van der Waals surface area contributed by atoms with E-state index in [1.165, 1.54) is 10.4 Å². The van der Waals surface area contributed by atoms with E-state index in [0.29, 0.717) is 6.04 Å². The van der Waals surface area contributed by atoms with E-state index in [1.54, 1.807) is 17.6 Å². The van der Waals surface area contributed by atoms with Crippen LogP contribution in [0.2, 0.25) is 0 Å². The van der Waals surface area contributed by atoms with Gasteiger partial charge in [-0.05, 0) is 26.3 Å². The van der Waals surface area contributed by atoms with Gasteiger partial charge in [0.1, 0.15) is 5.76 Å². The molecule has 1 aliphatic carbocycles. The molecule has 0 saturated heterocycles. The van der Waals surface area contributed by atoms with Gasteiger partial charge in [-0.2, -0.15) is 0 Å². The number of thiazole rings is 1. The Bertz CT molecular complexity index is 513. The monoisotopic (exact) mass is 234 g/mol. The smallest absolute Gasteiger partial charge is 0.183 e. The fraction of sp³-hybridized carbons (Fsp3) is 0.417. The zero-order valence-electron chi connectivity index (χ0n) is 9.41. The second-order valence-electron chi connectivity index (χ2n) is 4.35. The maximum absolute atomic E-state index is 5.45. The van der Waals surface area contributed by atoms with Crippen LogP contribution >= 0.6 is 11.3 Å². The highest BCUT2D eigenvalue weighted by Crippen LogP contribution is 2.38. The minimum Gasteiger partial charge on any atom is -0.469 e. The highest BCUT2D eigenvalue weighted by atomic mass is 32.1. The van der Waals surface area contributed by atoms with Gasteiger partial charge in [-0.15, -0.1) is 11.3 Å². The van der Waals surface area contributed by atoms with Crippen LogP contribution in [-0.2, 0) is 12.8 Å². The lowest BCUT2D eigenvalue weighted by Gasteiger charge is -2.07. The number of nitrogens with zero attached hydrogens (tertiary/aromatic N) is 1. The van der Waals surface area contributed by atoms with Gasteiger partial charge >= 0.3 is 0 Å². The number of nitrogens with one attached hydrogen (secondary N) is 1. The number of hydrogen-bond donors (Lipinski definition) is 1. The standard InChI is InChI=1S/C12H14N2OS/c1-7(2)13-12-14-11-8-5-6-15-9(8)3-4-10(11)16-12/h5-7H,3-4H2,1-2H3,(H,13,14). The van der Waals surface area contributed by atoms with Crippen LogP contribution < -0.4 is 5.32 Å². The largest absolute Gasteiger partial charge is 0.469 e. The van der Waals surface area contributed by atoms with Crippen molar-refractivity contribution in [3.63, 3.8) is 0 Å². The molecular formula is C12H14N2OS. The summed E-state index contributed by atoms with van der Waals surface area (Å²) in [7, 11) is 0. The first-order valence-corrected chi connectivity index (χ1v) is 6.38. The Morgan fingerprint density at radius 3 is 3.12 bits per heavy atom. The fourth-order valence-corrected chi connectivity index (χ4v) is 3.13. The molecule has 16 heavy (non-hydrogen) atoms. The average Bonchev–Trinajstić information content (AvgIpc) is 2.78. The Labute approximate surface area is 98.5 Å². The Balaban J connectivity index is 2.02. The van der Waals surface area contributed by atoms with Crippen LogP contribution in [0, 0.1) is 0 Å². The molecule has 0 atom stereocenters. The predicted molar refractivity (Wildman–Crippen MR) is 66.0 cm³/mol. The van der Waals surface area contributed by atoms with E-state index < -0.39 is 0 Å². The van der Waals surface area contributed by atoms with Gasteiger partial charge in [-0.3, -0.25) is 0 Å². The number of anilines is 1. The van der Waals surface area contributed by atoms with Crippen LogP contribution in [0.5, 0.6) is 0 Å². The van der Waals surface area contributed by atoms with Crippen molar-refractivity contribution in [3.8, 4) is 11.3 Å². The summed E-state index contributed by atoms with van der Waals surface area (Å²) in [5.74, 6) is 1.08. The summed E-state index contributed by atoms with van der Waals surface area (Å²) >= 11 is 1.77. The normalized spacial score (nSPS) is 13.7.